The lowest BCUT2D eigenvalue weighted by Crippen LogP contribution is -3.00. The van der Waals surface area contributed by atoms with Gasteiger partial charge in [0, 0.05) is 36.9 Å². The topological polar surface area (TPSA) is 64.8 Å². The molecular weight excluding hydrogens is 383 g/mol. The van der Waals surface area contributed by atoms with Crippen molar-refractivity contribution in [2.45, 2.75) is 0 Å². The van der Waals surface area contributed by atoms with Crippen LogP contribution in [0.4, 0.5) is 5.69 Å². The highest BCUT2D eigenvalue weighted by molar-refractivity contribution is 5.82. The van der Waals surface area contributed by atoms with Crippen LogP contribution in [0.25, 0.3) is 22.4 Å². The fourth-order valence-corrected chi connectivity index (χ4v) is 2.20. The third-order valence-electron chi connectivity index (χ3n) is 3.31. The highest BCUT2D eigenvalue weighted by atomic mass is 127. The van der Waals surface area contributed by atoms with Crippen molar-refractivity contribution >= 4 is 16.7 Å². The SMILES string of the molecule is Cn1c(-c2cc[n+](C)cc2)nc2ccc([N+](=O)[O-])cc21.[I-]. The van der Waals surface area contributed by atoms with Crippen molar-refractivity contribution in [3.8, 4) is 11.4 Å². The minimum Gasteiger partial charge on any atom is -1.00 e. The Balaban J connectivity index is 0.00000161. The number of benzene rings is 1. The Morgan fingerprint density at radius 2 is 1.90 bits per heavy atom. The van der Waals surface area contributed by atoms with Crippen molar-refractivity contribution in [2.75, 3.05) is 0 Å². The Morgan fingerprint density at radius 3 is 2.52 bits per heavy atom. The van der Waals surface area contributed by atoms with Gasteiger partial charge in [0.1, 0.15) is 12.9 Å². The molecule has 6 nitrogen and oxygen atoms in total. The van der Waals surface area contributed by atoms with Crippen LogP contribution in [-0.4, -0.2) is 14.5 Å². The minimum absolute atomic E-state index is 0. The molecule has 21 heavy (non-hydrogen) atoms. The van der Waals surface area contributed by atoms with Crippen molar-refractivity contribution in [3.63, 3.8) is 0 Å². The highest BCUT2D eigenvalue weighted by Crippen LogP contribution is 2.25. The number of nitro benzene ring substituents is 1. The first kappa shape index (κ1) is 15.4. The van der Waals surface area contributed by atoms with Crippen LogP contribution >= 0.6 is 0 Å². The van der Waals surface area contributed by atoms with Crippen LogP contribution in [-0.2, 0) is 14.1 Å². The second-order valence-electron chi connectivity index (χ2n) is 4.68. The predicted molar refractivity (Wildman–Crippen MR) is 74.0 cm³/mol. The summed E-state index contributed by atoms with van der Waals surface area (Å²) in [6.07, 6.45) is 3.88. The fourth-order valence-electron chi connectivity index (χ4n) is 2.20. The van der Waals surface area contributed by atoms with Crippen LogP contribution in [0, 0.1) is 10.1 Å². The first-order valence-corrected chi connectivity index (χ1v) is 6.13. The van der Waals surface area contributed by atoms with E-state index < -0.39 is 4.92 Å². The summed E-state index contributed by atoms with van der Waals surface area (Å²) < 4.78 is 3.81. The van der Waals surface area contributed by atoms with E-state index in [1.54, 1.807) is 12.1 Å². The number of hydrogen-bond donors (Lipinski definition) is 0. The fraction of sp³-hybridized carbons (Fsp3) is 0.143. The predicted octanol–water partition coefficient (Wildman–Crippen LogP) is -1.02. The molecule has 3 rings (SSSR count). The van der Waals surface area contributed by atoms with Gasteiger partial charge in [0.25, 0.3) is 5.69 Å². The molecule has 0 spiro atoms. The van der Waals surface area contributed by atoms with Gasteiger partial charge < -0.3 is 28.5 Å². The molecule has 0 saturated carbocycles. The Bertz CT molecular complexity index is 812. The summed E-state index contributed by atoms with van der Waals surface area (Å²) in [5.74, 6) is 0.793. The summed E-state index contributed by atoms with van der Waals surface area (Å²) in [4.78, 5) is 15.0. The van der Waals surface area contributed by atoms with E-state index in [0.717, 1.165) is 22.4 Å². The van der Waals surface area contributed by atoms with Gasteiger partial charge in [0.05, 0.1) is 16.0 Å². The van der Waals surface area contributed by atoms with Gasteiger partial charge in [0.15, 0.2) is 12.4 Å². The molecule has 0 atom stereocenters. The molecule has 0 fully saturated rings. The van der Waals surface area contributed by atoms with E-state index >= 15 is 0 Å². The van der Waals surface area contributed by atoms with Crippen molar-refractivity contribution < 1.29 is 33.5 Å². The zero-order valence-corrected chi connectivity index (χ0v) is 13.7. The number of imidazole rings is 1. The molecule has 2 heterocycles. The molecule has 108 valence electrons. The number of halogens is 1. The van der Waals surface area contributed by atoms with Gasteiger partial charge in [-0.3, -0.25) is 10.1 Å². The Morgan fingerprint density at radius 1 is 1.24 bits per heavy atom. The zero-order valence-electron chi connectivity index (χ0n) is 11.5. The van der Waals surface area contributed by atoms with Crippen LogP contribution in [0.3, 0.4) is 0 Å². The molecule has 1 aromatic carbocycles. The largest absolute Gasteiger partial charge is 1.00 e. The van der Waals surface area contributed by atoms with Gasteiger partial charge in [0.2, 0.25) is 0 Å². The van der Waals surface area contributed by atoms with E-state index in [1.807, 2.05) is 47.8 Å². The number of rotatable bonds is 2. The minimum atomic E-state index is -0.394. The molecule has 0 bridgehead atoms. The van der Waals surface area contributed by atoms with E-state index in [4.69, 9.17) is 0 Å². The average Bonchev–Trinajstić information content (AvgIpc) is 2.76. The Hall–Kier alpha value is -2.03. The number of fused-ring (bicyclic) bond motifs is 1. The molecule has 0 aliphatic carbocycles. The third-order valence-corrected chi connectivity index (χ3v) is 3.31. The van der Waals surface area contributed by atoms with Crippen molar-refractivity contribution in [2.24, 2.45) is 14.1 Å². The monoisotopic (exact) mass is 396 g/mol. The summed E-state index contributed by atoms with van der Waals surface area (Å²) in [6, 6.07) is 8.64. The van der Waals surface area contributed by atoms with E-state index in [0.29, 0.717) is 0 Å². The average molecular weight is 396 g/mol. The molecule has 3 aromatic rings. The number of nitrogens with zero attached hydrogens (tertiary/aromatic N) is 4. The van der Waals surface area contributed by atoms with E-state index in [-0.39, 0.29) is 29.7 Å². The molecule has 0 N–H and O–H groups in total. The van der Waals surface area contributed by atoms with Gasteiger partial charge in [-0.05, 0) is 6.07 Å². The third kappa shape index (κ3) is 2.73. The summed E-state index contributed by atoms with van der Waals surface area (Å²) in [6.45, 7) is 0. The number of hydrogen-bond acceptors (Lipinski definition) is 3. The number of non-ortho nitro benzene ring substituents is 1. The van der Waals surface area contributed by atoms with Crippen LogP contribution in [0.15, 0.2) is 42.7 Å². The standard InChI is InChI=1S/C14H13N4O2.HI/c1-16-7-5-10(6-8-16)14-15-12-4-3-11(18(19)20)9-13(12)17(14)2;/h3-9H,1-2H3;1H/q+1;/p-1. The maximum absolute atomic E-state index is 10.8. The van der Waals surface area contributed by atoms with Crippen LogP contribution in [0.1, 0.15) is 0 Å². The van der Waals surface area contributed by atoms with Crippen LogP contribution in [0.5, 0.6) is 0 Å². The zero-order chi connectivity index (χ0) is 14.3. The molecule has 0 aliphatic rings. The Labute approximate surface area is 138 Å². The Kier molecular flexibility index (Phi) is 4.21. The van der Waals surface area contributed by atoms with E-state index in [2.05, 4.69) is 4.98 Å². The first-order chi connectivity index (χ1) is 9.56. The van der Waals surface area contributed by atoms with Crippen molar-refractivity contribution in [1.29, 1.82) is 0 Å². The van der Waals surface area contributed by atoms with Gasteiger partial charge in [-0.2, -0.15) is 0 Å². The molecule has 0 radical (unpaired) electrons. The van der Waals surface area contributed by atoms with Crippen molar-refractivity contribution in [3.05, 3.63) is 52.8 Å². The maximum atomic E-state index is 10.8. The molecule has 7 heteroatoms. The lowest BCUT2D eigenvalue weighted by molar-refractivity contribution is -0.671. The number of aromatic nitrogens is 3. The molecule has 0 saturated heterocycles. The quantitative estimate of drug-likeness (QED) is 0.241. The number of aryl methyl sites for hydroxylation is 2. The summed E-state index contributed by atoms with van der Waals surface area (Å²) in [5, 5.41) is 10.8. The van der Waals surface area contributed by atoms with Crippen LogP contribution in [0.2, 0.25) is 0 Å². The first-order valence-electron chi connectivity index (χ1n) is 6.13. The summed E-state index contributed by atoms with van der Waals surface area (Å²) >= 11 is 0. The second kappa shape index (κ2) is 5.76. The molecule has 2 aromatic heterocycles. The van der Waals surface area contributed by atoms with Crippen LogP contribution < -0.4 is 28.5 Å². The van der Waals surface area contributed by atoms with Crippen molar-refractivity contribution in [1.82, 2.24) is 9.55 Å². The van der Waals surface area contributed by atoms with Gasteiger partial charge in [-0.15, -0.1) is 0 Å². The number of pyridine rings is 1. The van der Waals surface area contributed by atoms with Gasteiger partial charge in [-0.25, -0.2) is 9.55 Å². The van der Waals surface area contributed by atoms with Gasteiger partial charge >= 0.3 is 0 Å². The van der Waals surface area contributed by atoms with Gasteiger partial charge in [-0.1, -0.05) is 0 Å². The van der Waals surface area contributed by atoms with E-state index in [9.17, 15) is 10.1 Å². The number of nitro groups is 1. The second-order valence-corrected chi connectivity index (χ2v) is 4.68. The summed E-state index contributed by atoms with van der Waals surface area (Å²) in [7, 11) is 3.81. The molecule has 0 amide bonds. The highest BCUT2D eigenvalue weighted by Gasteiger charge is 2.14. The van der Waals surface area contributed by atoms with E-state index in [1.165, 1.54) is 6.07 Å². The smallest absolute Gasteiger partial charge is 0.271 e. The maximum Gasteiger partial charge on any atom is 0.271 e. The lowest BCUT2D eigenvalue weighted by atomic mass is 10.2. The normalized spacial score (nSPS) is 10.4. The molecule has 0 aliphatic heterocycles. The molecular formula is C14H13IN4O2. The lowest BCUT2D eigenvalue weighted by Gasteiger charge is -2.01. The molecule has 0 unspecified atom stereocenters. The summed E-state index contributed by atoms with van der Waals surface area (Å²) in [5.41, 5.74) is 2.56.